The molecule has 2 aromatic rings. The van der Waals surface area contributed by atoms with E-state index in [2.05, 4.69) is 30.5 Å². The topological polar surface area (TPSA) is 25.2 Å². The molecule has 0 amide bonds. The van der Waals surface area contributed by atoms with Crippen LogP contribution in [0.5, 0.6) is 0 Å². The molecule has 0 aliphatic carbocycles. The van der Waals surface area contributed by atoms with E-state index in [0.29, 0.717) is 5.56 Å². The normalized spacial score (nSPS) is 11.0. The lowest BCUT2D eigenvalue weighted by atomic mass is 10.1. The highest BCUT2D eigenvalue weighted by molar-refractivity contribution is 6.04. The van der Waals surface area contributed by atoms with Crippen molar-refractivity contribution >= 4 is 5.78 Å². The van der Waals surface area contributed by atoms with E-state index in [1.54, 1.807) is 12.3 Å². The highest BCUT2D eigenvalue weighted by Gasteiger charge is 2.06. The molecule has 3 nitrogen and oxygen atoms in total. The Balaban J connectivity index is 2.25. The van der Waals surface area contributed by atoms with Crippen LogP contribution >= 0.6 is 0 Å². The molecule has 0 spiro atoms. The van der Waals surface area contributed by atoms with Gasteiger partial charge in [-0.05, 0) is 50.2 Å². The van der Waals surface area contributed by atoms with Gasteiger partial charge in [-0.15, -0.1) is 0 Å². The Bertz CT molecular complexity index is 614. The second kappa shape index (κ2) is 5.78. The molecule has 0 unspecified atom stereocenters. The summed E-state index contributed by atoms with van der Waals surface area (Å²) >= 11 is 0. The minimum atomic E-state index is 0.0196. The molecule has 2 rings (SSSR count). The van der Waals surface area contributed by atoms with Crippen molar-refractivity contribution in [2.75, 3.05) is 14.1 Å². The van der Waals surface area contributed by atoms with E-state index in [9.17, 15) is 4.79 Å². The van der Waals surface area contributed by atoms with Gasteiger partial charge < -0.3 is 9.47 Å². The average molecular weight is 268 g/mol. The van der Waals surface area contributed by atoms with Gasteiger partial charge in [-0.2, -0.15) is 0 Å². The lowest BCUT2D eigenvalue weighted by Gasteiger charge is -2.09. The fourth-order valence-electron chi connectivity index (χ4n) is 2.16. The Morgan fingerprint density at radius 2 is 1.55 bits per heavy atom. The zero-order chi connectivity index (χ0) is 14.7. The van der Waals surface area contributed by atoms with Crippen LogP contribution in [0.25, 0.3) is 5.69 Å². The zero-order valence-corrected chi connectivity index (χ0v) is 12.4. The third-order valence-corrected chi connectivity index (χ3v) is 3.21. The Labute approximate surface area is 120 Å². The number of carbonyl (C=O) groups excluding carboxylic acids is 1. The molecule has 0 bridgehead atoms. The van der Waals surface area contributed by atoms with Gasteiger partial charge in [0.1, 0.15) is 0 Å². The largest absolute Gasteiger partial charge is 0.383 e. The molecule has 104 valence electrons. The number of aryl methyl sites for hydroxylation is 2. The van der Waals surface area contributed by atoms with Crippen LogP contribution in [0.3, 0.4) is 0 Å². The summed E-state index contributed by atoms with van der Waals surface area (Å²) in [7, 11) is 3.79. The van der Waals surface area contributed by atoms with E-state index in [1.165, 1.54) is 11.4 Å². The monoisotopic (exact) mass is 268 g/mol. The first-order valence-corrected chi connectivity index (χ1v) is 6.63. The van der Waals surface area contributed by atoms with Gasteiger partial charge in [0.25, 0.3) is 0 Å². The SMILES string of the molecule is Cc1ccc(C)n1-c1ccc(C(=O)C=CN(C)C)cc1. The van der Waals surface area contributed by atoms with E-state index in [0.717, 1.165) is 5.69 Å². The zero-order valence-electron chi connectivity index (χ0n) is 12.4. The van der Waals surface area contributed by atoms with Crippen molar-refractivity contribution in [3.8, 4) is 5.69 Å². The van der Waals surface area contributed by atoms with Crippen LogP contribution < -0.4 is 0 Å². The minimum Gasteiger partial charge on any atom is -0.383 e. The van der Waals surface area contributed by atoms with Gasteiger partial charge in [0.15, 0.2) is 5.78 Å². The fourth-order valence-corrected chi connectivity index (χ4v) is 2.16. The number of ketones is 1. The van der Waals surface area contributed by atoms with Crippen LogP contribution in [0.1, 0.15) is 21.7 Å². The lowest BCUT2D eigenvalue weighted by molar-refractivity contribution is 0.104. The summed E-state index contributed by atoms with van der Waals surface area (Å²) in [5.74, 6) is 0.0196. The van der Waals surface area contributed by atoms with Crippen LogP contribution in [0.4, 0.5) is 0 Å². The van der Waals surface area contributed by atoms with Crippen molar-refractivity contribution in [3.05, 3.63) is 65.6 Å². The second-order valence-corrected chi connectivity index (χ2v) is 5.14. The summed E-state index contributed by atoms with van der Waals surface area (Å²) in [6, 6.07) is 11.9. The molecule has 0 saturated carbocycles. The molecular weight excluding hydrogens is 248 g/mol. The Kier molecular flexibility index (Phi) is 4.08. The molecule has 0 fully saturated rings. The van der Waals surface area contributed by atoms with Gasteiger partial charge in [0.2, 0.25) is 0 Å². The maximum absolute atomic E-state index is 12.0. The van der Waals surface area contributed by atoms with Gasteiger partial charge >= 0.3 is 0 Å². The number of aromatic nitrogens is 1. The molecule has 0 radical (unpaired) electrons. The molecular formula is C17H20N2O. The lowest BCUT2D eigenvalue weighted by Crippen LogP contribution is -2.03. The first-order chi connectivity index (χ1) is 9.49. The van der Waals surface area contributed by atoms with Gasteiger partial charge in [0, 0.05) is 49.0 Å². The van der Waals surface area contributed by atoms with Crippen molar-refractivity contribution in [1.29, 1.82) is 0 Å². The molecule has 1 aromatic carbocycles. The molecule has 0 saturated heterocycles. The summed E-state index contributed by atoms with van der Waals surface area (Å²) in [5.41, 5.74) is 4.16. The van der Waals surface area contributed by atoms with E-state index < -0.39 is 0 Å². The molecule has 0 aliphatic rings. The van der Waals surface area contributed by atoms with Crippen molar-refractivity contribution in [3.63, 3.8) is 0 Å². The number of allylic oxidation sites excluding steroid dienone is 1. The van der Waals surface area contributed by atoms with Crippen molar-refractivity contribution in [2.24, 2.45) is 0 Å². The van der Waals surface area contributed by atoms with Gasteiger partial charge in [-0.3, -0.25) is 4.79 Å². The summed E-state index contributed by atoms with van der Waals surface area (Å²) in [6.07, 6.45) is 3.34. The van der Waals surface area contributed by atoms with Gasteiger partial charge in [-0.25, -0.2) is 0 Å². The van der Waals surface area contributed by atoms with Crippen LogP contribution in [0.15, 0.2) is 48.7 Å². The summed E-state index contributed by atoms with van der Waals surface area (Å²) < 4.78 is 2.17. The number of carbonyl (C=O) groups is 1. The maximum atomic E-state index is 12.0. The van der Waals surface area contributed by atoms with E-state index in [1.807, 2.05) is 43.3 Å². The van der Waals surface area contributed by atoms with Crippen molar-refractivity contribution in [1.82, 2.24) is 9.47 Å². The number of hydrogen-bond acceptors (Lipinski definition) is 2. The van der Waals surface area contributed by atoms with E-state index >= 15 is 0 Å². The summed E-state index contributed by atoms with van der Waals surface area (Å²) in [4.78, 5) is 13.8. The highest BCUT2D eigenvalue weighted by Crippen LogP contribution is 2.17. The Morgan fingerprint density at radius 3 is 2.05 bits per heavy atom. The molecule has 0 N–H and O–H groups in total. The Morgan fingerprint density at radius 1 is 1.00 bits per heavy atom. The van der Waals surface area contributed by atoms with Crippen LogP contribution in [-0.4, -0.2) is 29.3 Å². The quantitative estimate of drug-likeness (QED) is 0.627. The minimum absolute atomic E-state index is 0.0196. The first kappa shape index (κ1) is 14.1. The van der Waals surface area contributed by atoms with Crippen LogP contribution in [-0.2, 0) is 0 Å². The molecule has 3 heteroatoms. The smallest absolute Gasteiger partial charge is 0.187 e. The number of rotatable bonds is 4. The van der Waals surface area contributed by atoms with Crippen LogP contribution in [0.2, 0.25) is 0 Å². The standard InChI is InChI=1S/C17H20N2O/c1-13-5-6-14(2)19(13)16-9-7-15(8-10-16)17(20)11-12-18(3)4/h5-12H,1-4H3. The Hall–Kier alpha value is -2.29. The average Bonchev–Trinajstić information content (AvgIpc) is 2.76. The fraction of sp³-hybridized carbons (Fsp3) is 0.235. The first-order valence-electron chi connectivity index (χ1n) is 6.63. The van der Waals surface area contributed by atoms with Gasteiger partial charge in [0.05, 0.1) is 0 Å². The third-order valence-electron chi connectivity index (χ3n) is 3.21. The predicted molar refractivity (Wildman–Crippen MR) is 82.4 cm³/mol. The molecule has 1 heterocycles. The summed E-state index contributed by atoms with van der Waals surface area (Å²) in [6.45, 7) is 4.15. The molecule has 20 heavy (non-hydrogen) atoms. The number of benzene rings is 1. The maximum Gasteiger partial charge on any atom is 0.187 e. The van der Waals surface area contributed by atoms with Crippen LogP contribution in [0, 0.1) is 13.8 Å². The third kappa shape index (κ3) is 2.99. The molecule has 0 atom stereocenters. The second-order valence-electron chi connectivity index (χ2n) is 5.14. The van der Waals surface area contributed by atoms with Gasteiger partial charge in [-0.1, -0.05) is 0 Å². The van der Waals surface area contributed by atoms with Crippen molar-refractivity contribution < 1.29 is 4.79 Å². The molecule has 0 aliphatic heterocycles. The van der Waals surface area contributed by atoms with E-state index in [4.69, 9.17) is 0 Å². The summed E-state index contributed by atoms with van der Waals surface area (Å²) in [5, 5.41) is 0. The predicted octanol–water partition coefficient (Wildman–Crippen LogP) is 3.35. The number of hydrogen-bond donors (Lipinski definition) is 0. The number of nitrogens with zero attached hydrogens (tertiary/aromatic N) is 2. The molecule has 1 aromatic heterocycles. The van der Waals surface area contributed by atoms with E-state index in [-0.39, 0.29) is 5.78 Å². The highest BCUT2D eigenvalue weighted by atomic mass is 16.1. The van der Waals surface area contributed by atoms with Crippen molar-refractivity contribution in [2.45, 2.75) is 13.8 Å².